The average molecular weight is 1070 g/mol. The molecule has 0 saturated carbocycles. The van der Waals surface area contributed by atoms with Gasteiger partial charge >= 0.3 is 59.1 Å². The summed E-state index contributed by atoms with van der Waals surface area (Å²) in [6.45, 7) is 3.07. The Labute approximate surface area is 438 Å². The summed E-state index contributed by atoms with van der Waals surface area (Å²) in [5, 5.41) is 22.7. The molecule has 0 unspecified atom stereocenters. The number of sulfonamides is 2. The molecule has 0 aliphatic rings. The van der Waals surface area contributed by atoms with Gasteiger partial charge in [-0.3, -0.25) is 9.44 Å². The molecule has 68 heavy (non-hydrogen) atoms. The topological polar surface area (TPSA) is 293 Å². The summed E-state index contributed by atoms with van der Waals surface area (Å²) in [4.78, 5) is 28.5. The van der Waals surface area contributed by atoms with Crippen molar-refractivity contribution in [2.45, 2.75) is 32.1 Å². The second-order valence-electron chi connectivity index (χ2n) is 14.1. The molecule has 4 heterocycles. The second kappa shape index (κ2) is 20.4. The molecule has 0 fully saturated rings. The molecule has 0 aliphatic heterocycles. The molecule has 0 aliphatic carbocycles. The number of carboxylic acids is 2. The van der Waals surface area contributed by atoms with Gasteiger partial charge in [0, 0.05) is 33.0 Å². The molecule has 344 valence electrons. The number of thiophene rings is 2. The Morgan fingerprint density at radius 2 is 0.926 bits per heavy atom. The Kier molecular flexibility index (Phi) is 16.3. The first-order valence-corrected chi connectivity index (χ1v) is 26.6. The second-order valence-corrected chi connectivity index (χ2v) is 24.0. The van der Waals surface area contributed by atoms with Crippen LogP contribution in [0.3, 0.4) is 0 Å². The first-order valence-electron chi connectivity index (χ1n) is 18.2. The van der Waals surface area contributed by atoms with Gasteiger partial charge in [0.2, 0.25) is 11.8 Å². The third-order valence-electron chi connectivity index (χ3n) is 9.37. The van der Waals surface area contributed by atoms with Crippen LogP contribution in [0.4, 0.5) is 20.2 Å². The minimum Gasteiger partial charge on any atom is -0.543 e. The molecule has 0 radical (unpaired) electrons. The molecule has 0 atom stereocenters. The van der Waals surface area contributed by atoms with Gasteiger partial charge < -0.3 is 28.6 Å². The van der Waals surface area contributed by atoms with E-state index < -0.39 is 74.7 Å². The number of nitrogens with zero attached hydrogens (tertiary/aromatic N) is 2. The number of fused-ring (bicyclic) bond motifs is 2. The number of nitrogens with one attached hydrogen (secondary N) is 2. The molecule has 18 nitrogen and oxygen atoms in total. The zero-order chi connectivity index (χ0) is 48.3. The van der Waals surface area contributed by atoms with E-state index in [9.17, 15) is 62.3 Å². The number of anilines is 2. The van der Waals surface area contributed by atoms with E-state index in [4.69, 9.17) is 8.83 Å². The summed E-state index contributed by atoms with van der Waals surface area (Å²) in [5.41, 5.74) is -0.534. The fourth-order valence-corrected chi connectivity index (χ4v) is 13.8. The van der Waals surface area contributed by atoms with Crippen LogP contribution in [0.5, 0.6) is 0 Å². The van der Waals surface area contributed by atoms with E-state index >= 15 is 0 Å². The number of rotatable bonds is 12. The first-order chi connectivity index (χ1) is 30.7. The van der Waals surface area contributed by atoms with E-state index in [1.807, 2.05) is 0 Å². The number of aryl methyl sites for hydroxylation is 2. The van der Waals surface area contributed by atoms with E-state index in [2.05, 4.69) is 19.4 Å². The van der Waals surface area contributed by atoms with Gasteiger partial charge in [0.15, 0.2) is 19.7 Å². The fraction of sp³-hybridized carbons (Fsp3) is 0.100. The fourth-order valence-electron chi connectivity index (χ4n) is 6.33. The van der Waals surface area contributed by atoms with Crippen molar-refractivity contribution in [1.82, 2.24) is 9.97 Å². The van der Waals surface area contributed by atoms with E-state index in [-0.39, 0.29) is 112 Å². The Bertz CT molecular complexity index is 3530. The molecule has 0 saturated heterocycles. The summed E-state index contributed by atoms with van der Waals surface area (Å²) in [6, 6.07) is 15.1. The minimum atomic E-state index is -4.23. The van der Waals surface area contributed by atoms with E-state index in [1.165, 1.54) is 74.5 Å². The SMILES string of the molecule is Cc1c(S(=O)(=O)Nc2ccc(-c3nc(C(=O)[O-])co3)cc2S(C)(=O)=O)sc2ccc(F)cc12.Cc1c(S(=O)(=O)Nc2ccc(-c3nc(C(=O)[O-])co3)cc2S(C)(=O)=O)sc2ccc(F)cc12.[Na+].[Na+]. The molecule has 8 aromatic rings. The smallest absolute Gasteiger partial charge is 0.543 e. The molecule has 0 bridgehead atoms. The standard InChI is InChI=1S/2C20H15FN2O7S3.2Na/c2*1-10-13-8-12(21)4-6-16(13)31-20(10)33(28,29)23-14-5-3-11(7-17(14)32(2,26)27)18-22-15(9-30-18)19(24)25;;/h2*3-9,23H,1-2H3,(H,24,25);;/q;;2*+1/p-2. The minimum absolute atomic E-state index is 0. The van der Waals surface area contributed by atoms with Crippen LogP contribution >= 0.6 is 22.7 Å². The number of halogens is 2. The number of carbonyl (C=O) groups is 2. The number of aromatic carboxylic acids is 2. The van der Waals surface area contributed by atoms with Crippen molar-refractivity contribution in [2.24, 2.45) is 0 Å². The molecule has 0 amide bonds. The van der Waals surface area contributed by atoms with Crippen molar-refractivity contribution < 1.29 is 130 Å². The van der Waals surface area contributed by atoms with Gasteiger partial charge in [0.25, 0.3) is 20.0 Å². The number of carboxylic acid groups (broad SMARTS) is 2. The van der Waals surface area contributed by atoms with Crippen LogP contribution in [0.15, 0.2) is 112 Å². The zero-order valence-corrected chi connectivity index (χ0v) is 44.8. The van der Waals surface area contributed by atoms with Gasteiger partial charge in [-0.05, 0) is 109 Å². The van der Waals surface area contributed by atoms with E-state index in [0.717, 1.165) is 59.8 Å². The van der Waals surface area contributed by atoms with Crippen LogP contribution in [0.1, 0.15) is 32.1 Å². The van der Waals surface area contributed by atoms with Crippen molar-refractivity contribution in [3.63, 3.8) is 0 Å². The van der Waals surface area contributed by atoms with Crippen LogP contribution in [-0.2, 0) is 39.7 Å². The maximum Gasteiger partial charge on any atom is 1.00 e. The van der Waals surface area contributed by atoms with Crippen LogP contribution in [0.2, 0.25) is 0 Å². The molecule has 8 rings (SSSR count). The zero-order valence-electron chi connectivity index (χ0n) is 35.9. The summed E-state index contributed by atoms with van der Waals surface area (Å²) < 4.78 is 145. The van der Waals surface area contributed by atoms with Crippen LogP contribution in [0.25, 0.3) is 43.1 Å². The normalized spacial score (nSPS) is 11.9. The number of hydrogen-bond donors (Lipinski definition) is 2. The third-order valence-corrected chi connectivity index (χ3v) is 18.2. The van der Waals surface area contributed by atoms with E-state index in [0.29, 0.717) is 31.3 Å². The molecule has 28 heteroatoms. The van der Waals surface area contributed by atoms with Crippen molar-refractivity contribution in [2.75, 3.05) is 22.0 Å². The van der Waals surface area contributed by atoms with Crippen LogP contribution in [-0.4, -0.2) is 68.1 Å². The summed E-state index contributed by atoms with van der Waals surface area (Å²) >= 11 is 1.85. The van der Waals surface area contributed by atoms with Crippen molar-refractivity contribution in [1.29, 1.82) is 0 Å². The average Bonchev–Trinajstić information content (AvgIpc) is 4.04. The molecule has 2 N–H and O–H groups in total. The van der Waals surface area contributed by atoms with Crippen LogP contribution < -0.4 is 78.8 Å². The molecule has 4 aromatic carbocycles. The number of aromatic nitrogens is 2. The summed E-state index contributed by atoms with van der Waals surface area (Å²) in [7, 11) is -16.3. The van der Waals surface area contributed by atoms with Crippen molar-refractivity contribution in [3.8, 4) is 22.9 Å². The molecule has 4 aromatic heterocycles. The first kappa shape index (κ1) is 54.4. The predicted octanol–water partition coefficient (Wildman–Crippen LogP) is -0.849. The Balaban J connectivity index is 0.000000247. The number of benzene rings is 4. The maximum atomic E-state index is 13.6. The van der Waals surface area contributed by atoms with Gasteiger partial charge in [-0.2, -0.15) is 0 Å². The number of oxazole rings is 2. The summed E-state index contributed by atoms with van der Waals surface area (Å²) in [6.07, 6.45) is 3.46. The summed E-state index contributed by atoms with van der Waals surface area (Å²) in [5.74, 6) is -4.54. The monoisotopic (exact) mass is 1060 g/mol. The Morgan fingerprint density at radius 1 is 0.574 bits per heavy atom. The van der Waals surface area contributed by atoms with Gasteiger partial charge in [-0.15, -0.1) is 22.7 Å². The van der Waals surface area contributed by atoms with Crippen molar-refractivity contribution >= 4 is 106 Å². The van der Waals surface area contributed by atoms with Gasteiger partial charge in [-0.25, -0.2) is 52.4 Å². The van der Waals surface area contributed by atoms with Gasteiger partial charge in [0.1, 0.15) is 44.0 Å². The molecular formula is C40H28F2N4Na2O14S6. The Morgan fingerprint density at radius 3 is 1.24 bits per heavy atom. The van der Waals surface area contributed by atoms with Crippen molar-refractivity contribution in [3.05, 3.63) is 119 Å². The molecular weight excluding hydrogens is 1040 g/mol. The Hall–Kier alpha value is -4.58. The number of carbonyl (C=O) groups excluding carboxylic acids is 2. The van der Waals surface area contributed by atoms with E-state index in [1.54, 1.807) is 0 Å². The molecule has 0 spiro atoms. The maximum absolute atomic E-state index is 13.6. The van der Waals surface area contributed by atoms with Gasteiger partial charge in [-0.1, -0.05) is 0 Å². The van der Waals surface area contributed by atoms with Gasteiger partial charge in [0.05, 0.1) is 33.1 Å². The van der Waals surface area contributed by atoms with Crippen LogP contribution in [0, 0.1) is 25.5 Å². The number of hydrogen-bond acceptors (Lipinski definition) is 18. The largest absolute Gasteiger partial charge is 1.00 e. The quantitative estimate of drug-likeness (QED) is 0.141. The predicted molar refractivity (Wildman–Crippen MR) is 233 cm³/mol. The third kappa shape index (κ3) is 11.5. The number of sulfone groups is 2.